The molecule has 4 nitrogen and oxygen atoms in total. The predicted molar refractivity (Wildman–Crippen MR) is 92.1 cm³/mol. The quantitative estimate of drug-likeness (QED) is 0.547. The van der Waals surface area contributed by atoms with Crippen LogP contribution in [-0.2, 0) is 22.2 Å². The lowest BCUT2D eigenvalue weighted by Gasteiger charge is -2.14. The van der Waals surface area contributed by atoms with E-state index in [0.29, 0.717) is 10.7 Å². The smallest absolute Gasteiger partial charge is 0.232 e. The van der Waals surface area contributed by atoms with E-state index in [1.165, 1.54) is 24.3 Å². The van der Waals surface area contributed by atoms with Crippen LogP contribution < -0.4 is 0 Å². The number of hydrogen-bond donors (Lipinski definition) is 0. The lowest BCUT2D eigenvalue weighted by Crippen LogP contribution is -2.10. The van der Waals surface area contributed by atoms with Gasteiger partial charge in [0.2, 0.25) is 0 Å². The largest absolute Gasteiger partial charge is 0.435 e. The fourth-order valence-electron chi connectivity index (χ4n) is 2.71. The molecule has 2 aromatic carbocycles. The Labute approximate surface area is 161 Å². The van der Waals surface area contributed by atoms with Gasteiger partial charge in [-0.3, -0.25) is 0 Å². The summed E-state index contributed by atoms with van der Waals surface area (Å²) in [7, 11) is -3.71. The Kier molecular flexibility index (Phi) is 4.98. The van der Waals surface area contributed by atoms with Crippen molar-refractivity contribution < 1.29 is 34.8 Å². The van der Waals surface area contributed by atoms with E-state index in [4.69, 9.17) is 0 Å². The molecule has 0 saturated carbocycles. The van der Waals surface area contributed by atoms with Gasteiger partial charge in [0.05, 0.1) is 21.8 Å². The Hall–Kier alpha value is -2.82. The molecule has 3 aromatic rings. The summed E-state index contributed by atoms with van der Waals surface area (Å²) >= 11 is 0. The Balaban J connectivity index is 2.32. The fourth-order valence-corrected chi connectivity index (χ4v) is 3.37. The molecular weight excluding hydrogens is 422 g/mol. The van der Waals surface area contributed by atoms with Gasteiger partial charge in [0.15, 0.2) is 15.5 Å². The average molecular weight is 434 g/mol. The first-order valence-electron chi connectivity index (χ1n) is 7.93. The molecule has 0 amide bonds. The molecule has 11 heteroatoms. The van der Waals surface area contributed by atoms with Crippen molar-refractivity contribution in [3.05, 3.63) is 65.9 Å². The van der Waals surface area contributed by atoms with Crippen LogP contribution in [-0.4, -0.2) is 24.5 Å². The summed E-state index contributed by atoms with van der Waals surface area (Å²) in [6.45, 7) is 0. The van der Waals surface area contributed by atoms with Crippen molar-refractivity contribution in [2.45, 2.75) is 17.2 Å². The molecule has 0 unspecified atom stereocenters. The number of nitrogens with zero attached hydrogens (tertiary/aromatic N) is 2. The standard InChI is InChI=1S/C18H12F6N2O2S/c1-29(27,28)12-6-4-5-11(9-12)26-15(10-16(25-26)18(22,23)24)13-7-2-3-8-14(13)17(19,20)21/h2-10H,1H3. The van der Waals surface area contributed by atoms with Crippen LogP contribution in [0, 0.1) is 0 Å². The van der Waals surface area contributed by atoms with Gasteiger partial charge < -0.3 is 0 Å². The average Bonchev–Trinajstić information content (AvgIpc) is 3.06. The van der Waals surface area contributed by atoms with Crippen LogP contribution in [0.15, 0.2) is 59.5 Å². The van der Waals surface area contributed by atoms with Crippen molar-refractivity contribution in [2.75, 3.05) is 6.26 Å². The molecule has 0 aliphatic carbocycles. The highest BCUT2D eigenvalue weighted by atomic mass is 32.2. The molecule has 0 spiro atoms. The van der Waals surface area contributed by atoms with E-state index >= 15 is 0 Å². The van der Waals surface area contributed by atoms with Gasteiger partial charge in [0, 0.05) is 11.8 Å². The van der Waals surface area contributed by atoms with Gasteiger partial charge in [-0.2, -0.15) is 31.4 Å². The minimum atomic E-state index is -4.92. The van der Waals surface area contributed by atoms with Gasteiger partial charge >= 0.3 is 12.4 Å². The monoisotopic (exact) mass is 434 g/mol. The van der Waals surface area contributed by atoms with E-state index in [0.717, 1.165) is 30.5 Å². The van der Waals surface area contributed by atoms with E-state index in [-0.39, 0.29) is 10.6 Å². The van der Waals surface area contributed by atoms with Crippen LogP contribution in [0.1, 0.15) is 11.3 Å². The summed E-state index contributed by atoms with van der Waals surface area (Å²) in [4.78, 5) is -0.214. The Morgan fingerprint density at radius 2 is 1.52 bits per heavy atom. The van der Waals surface area contributed by atoms with Gasteiger partial charge in [-0.25, -0.2) is 13.1 Å². The number of rotatable bonds is 3. The van der Waals surface area contributed by atoms with Crippen molar-refractivity contribution in [1.82, 2.24) is 9.78 Å². The number of sulfone groups is 1. The van der Waals surface area contributed by atoms with E-state index < -0.39 is 44.7 Å². The lowest BCUT2D eigenvalue weighted by atomic mass is 10.0. The first-order valence-corrected chi connectivity index (χ1v) is 9.82. The maximum atomic E-state index is 13.4. The van der Waals surface area contributed by atoms with Gasteiger partial charge in [-0.05, 0) is 30.3 Å². The zero-order valence-electron chi connectivity index (χ0n) is 14.6. The zero-order chi connectivity index (χ0) is 21.6. The van der Waals surface area contributed by atoms with Crippen molar-refractivity contribution in [1.29, 1.82) is 0 Å². The van der Waals surface area contributed by atoms with E-state index in [2.05, 4.69) is 5.10 Å². The molecule has 1 heterocycles. The van der Waals surface area contributed by atoms with E-state index in [1.807, 2.05) is 0 Å². The summed E-state index contributed by atoms with van der Waals surface area (Å²) in [6.07, 6.45) is -8.84. The third-order valence-electron chi connectivity index (χ3n) is 4.00. The molecule has 29 heavy (non-hydrogen) atoms. The molecule has 0 N–H and O–H groups in total. The topological polar surface area (TPSA) is 52.0 Å². The van der Waals surface area contributed by atoms with Crippen LogP contribution in [0.2, 0.25) is 0 Å². The molecule has 0 saturated heterocycles. The highest BCUT2D eigenvalue weighted by molar-refractivity contribution is 7.90. The summed E-state index contributed by atoms with van der Waals surface area (Å²) in [5.41, 5.74) is -3.68. The second kappa shape index (κ2) is 6.90. The van der Waals surface area contributed by atoms with Crippen molar-refractivity contribution in [3.63, 3.8) is 0 Å². The molecule has 3 rings (SSSR count). The van der Waals surface area contributed by atoms with Crippen LogP contribution in [0.5, 0.6) is 0 Å². The zero-order valence-corrected chi connectivity index (χ0v) is 15.4. The van der Waals surface area contributed by atoms with E-state index in [1.54, 1.807) is 0 Å². The van der Waals surface area contributed by atoms with Gasteiger partial charge in [-0.15, -0.1) is 0 Å². The van der Waals surface area contributed by atoms with Crippen molar-refractivity contribution in [2.24, 2.45) is 0 Å². The molecular formula is C18H12F6N2O2S. The number of hydrogen-bond acceptors (Lipinski definition) is 3. The second-order valence-corrected chi connectivity index (χ2v) is 8.15. The molecule has 0 bridgehead atoms. The van der Waals surface area contributed by atoms with Gasteiger partial charge in [-0.1, -0.05) is 24.3 Å². The summed E-state index contributed by atoms with van der Waals surface area (Å²) in [5, 5.41) is 3.40. The first kappa shape index (κ1) is 20.9. The van der Waals surface area contributed by atoms with Crippen LogP contribution >= 0.6 is 0 Å². The second-order valence-electron chi connectivity index (χ2n) is 6.14. The number of alkyl halides is 6. The van der Waals surface area contributed by atoms with Crippen molar-refractivity contribution in [3.8, 4) is 16.9 Å². The first-order chi connectivity index (χ1) is 13.3. The molecule has 0 aliphatic rings. The third kappa shape index (κ3) is 4.29. The summed E-state index contributed by atoms with van der Waals surface area (Å²) in [5.74, 6) is 0. The molecule has 0 fully saturated rings. The summed E-state index contributed by atoms with van der Waals surface area (Å²) in [6, 6.07) is 9.41. The third-order valence-corrected chi connectivity index (χ3v) is 5.11. The Morgan fingerprint density at radius 1 is 0.862 bits per heavy atom. The highest BCUT2D eigenvalue weighted by Crippen LogP contribution is 2.39. The number of benzene rings is 2. The molecule has 1 aromatic heterocycles. The maximum absolute atomic E-state index is 13.4. The summed E-state index contributed by atoms with van der Waals surface area (Å²) < 4.78 is 104. The van der Waals surface area contributed by atoms with Gasteiger partial charge in [0.25, 0.3) is 0 Å². The highest BCUT2D eigenvalue weighted by Gasteiger charge is 2.38. The van der Waals surface area contributed by atoms with Crippen LogP contribution in [0.3, 0.4) is 0 Å². The van der Waals surface area contributed by atoms with Gasteiger partial charge in [0.1, 0.15) is 0 Å². The van der Waals surface area contributed by atoms with E-state index in [9.17, 15) is 34.8 Å². The number of aromatic nitrogens is 2. The fraction of sp³-hybridized carbons (Fsp3) is 0.167. The minimum absolute atomic E-state index is 0.129. The molecule has 0 aliphatic heterocycles. The van der Waals surface area contributed by atoms with Crippen LogP contribution in [0.25, 0.3) is 16.9 Å². The Bertz CT molecular complexity index is 1160. The maximum Gasteiger partial charge on any atom is 0.435 e. The van der Waals surface area contributed by atoms with Crippen molar-refractivity contribution >= 4 is 9.84 Å². The molecule has 154 valence electrons. The van der Waals surface area contributed by atoms with Crippen LogP contribution in [0.4, 0.5) is 26.3 Å². The SMILES string of the molecule is CS(=O)(=O)c1cccc(-n2nc(C(F)(F)F)cc2-c2ccccc2C(F)(F)F)c1. The number of halogens is 6. The minimum Gasteiger partial charge on any atom is -0.232 e. The predicted octanol–water partition coefficient (Wildman–Crippen LogP) is 4.98. The molecule has 0 radical (unpaired) electrons. The lowest BCUT2D eigenvalue weighted by molar-refractivity contribution is -0.141. The molecule has 0 atom stereocenters. The normalized spacial score (nSPS) is 12.9. The Morgan fingerprint density at radius 3 is 2.10 bits per heavy atom.